The number of nitrogens with zero attached hydrogens (tertiary/aromatic N) is 2. The van der Waals surface area contributed by atoms with E-state index in [4.69, 9.17) is 11.6 Å². The molecule has 0 aliphatic heterocycles. The van der Waals surface area contributed by atoms with Crippen molar-refractivity contribution in [3.05, 3.63) is 15.5 Å². The predicted molar refractivity (Wildman–Crippen MR) is 65.4 cm³/mol. The van der Waals surface area contributed by atoms with Crippen molar-refractivity contribution < 1.29 is 0 Å². The van der Waals surface area contributed by atoms with Crippen molar-refractivity contribution in [1.29, 1.82) is 0 Å². The molecule has 4 heteroatoms. The summed E-state index contributed by atoms with van der Waals surface area (Å²) in [5, 5.41) is 0. The smallest absolute Gasteiger partial charge is 0.183 e. The maximum absolute atomic E-state index is 5.82. The fourth-order valence-electron chi connectivity index (χ4n) is 1.92. The lowest BCUT2D eigenvalue weighted by Crippen LogP contribution is -2.31. The van der Waals surface area contributed by atoms with Gasteiger partial charge in [-0.3, -0.25) is 4.90 Å². The molecule has 1 aliphatic carbocycles. The van der Waals surface area contributed by atoms with Crippen LogP contribution in [0.5, 0.6) is 0 Å². The first kappa shape index (κ1) is 11.4. The molecule has 1 saturated carbocycles. The van der Waals surface area contributed by atoms with Gasteiger partial charge in [0.15, 0.2) is 4.47 Å². The van der Waals surface area contributed by atoms with Gasteiger partial charge in [0.25, 0.3) is 0 Å². The van der Waals surface area contributed by atoms with Crippen molar-refractivity contribution in [3.8, 4) is 0 Å². The summed E-state index contributed by atoms with van der Waals surface area (Å²) in [6, 6.07) is 0. The number of hydrogen-bond acceptors (Lipinski definition) is 3. The van der Waals surface area contributed by atoms with Crippen LogP contribution in [-0.4, -0.2) is 23.0 Å². The Morgan fingerprint density at radius 2 is 2.40 bits per heavy atom. The van der Waals surface area contributed by atoms with Gasteiger partial charge in [0, 0.05) is 24.2 Å². The third kappa shape index (κ3) is 3.16. The van der Waals surface area contributed by atoms with E-state index in [1.807, 2.05) is 6.20 Å². The number of hydrogen-bond donors (Lipinski definition) is 0. The molecule has 0 amide bonds. The van der Waals surface area contributed by atoms with Crippen LogP contribution in [0, 0.1) is 5.92 Å². The molecule has 1 aromatic heterocycles. The zero-order valence-electron chi connectivity index (χ0n) is 9.08. The van der Waals surface area contributed by atoms with Gasteiger partial charge in [0.05, 0.1) is 0 Å². The molecule has 0 radical (unpaired) electrons. The SMILES string of the molecule is CCN(Cc1cnc(Cl)s1)CC1CCC1. The van der Waals surface area contributed by atoms with Crippen LogP contribution >= 0.6 is 22.9 Å². The summed E-state index contributed by atoms with van der Waals surface area (Å²) in [7, 11) is 0. The van der Waals surface area contributed by atoms with Crippen LogP contribution < -0.4 is 0 Å². The lowest BCUT2D eigenvalue weighted by atomic mass is 9.85. The number of thiazole rings is 1. The van der Waals surface area contributed by atoms with Gasteiger partial charge in [-0.05, 0) is 25.3 Å². The Kier molecular flexibility index (Phi) is 4.00. The minimum Gasteiger partial charge on any atom is -0.298 e. The second-order valence-corrected chi connectivity index (χ2v) is 5.90. The van der Waals surface area contributed by atoms with E-state index in [9.17, 15) is 0 Å². The molecule has 15 heavy (non-hydrogen) atoms. The molecule has 1 fully saturated rings. The summed E-state index contributed by atoms with van der Waals surface area (Å²) in [5.41, 5.74) is 0. The zero-order chi connectivity index (χ0) is 10.7. The molecular formula is C11H17ClN2S. The number of rotatable bonds is 5. The van der Waals surface area contributed by atoms with Crippen molar-refractivity contribution in [2.75, 3.05) is 13.1 Å². The Hall–Kier alpha value is -0.120. The summed E-state index contributed by atoms with van der Waals surface area (Å²) in [6.45, 7) is 5.59. The van der Waals surface area contributed by atoms with Gasteiger partial charge >= 0.3 is 0 Å². The molecule has 1 aromatic rings. The molecule has 0 unspecified atom stereocenters. The Bertz CT molecular complexity index is 309. The summed E-state index contributed by atoms with van der Waals surface area (Å²) in [6.07, 6.45) is 6.16. The normalized spacial score (nSPS) is 17.0. The Morgan fingerprint density at radius 1 is 1.60 bits per heavy atom. The fraction of sp³-hybridized carbons (Fsp3) is 0.727. The van der Waals surface area contributed by atoms with Crippen LogP contribution in [0.4, 0.5) is 0 Å². The largest absolute Gasteiger partial charge is 0.298 e. The number of halogens is 1. The molecule has 0 aromatic carbocycles. The monoisotopic (exact) mass is 244 g/mol. The summed E-state index contributed by atoms with van der Waals surface area (Å²) < 4.78 is 0.657. The van der Waals surface area contributed by atoms with E-state index in [0.29, 0.717) is 4.47 Å². The third-order valence-electron chi connectivity index (χ3n) is 3.09. The maximum Gasteiger partial charge on any atom is 0.183 e. The van der Waals surface area contributed by atoms with E-state index in [0.717, 1.165) is 19.0 Å². The molecule has 0 bridgehead atoms. The van der Waals surface area contributed by atoms with Crippen LogP contribution in [0.25, 0.3) is 0 Å². The van der Waals surface area contributed by atoms with E-state index in [1.165, 1.54) is 30.7 Å². The van der Waals surface area contributed by atoms with Crippen molar-refractivity contribution in [3.63, 3.8) is 0 Å². The predicted octanol–water partition coefficient (Wildman–Crippen LogP) is 3.42. The van der Waals surface area contributed by atoms with Gasteiger partial charge in [-0.25, -0.2) is 4.98 Å². The lowest BCUT2D eigenvalue weighted by molar-refractivity contribution is 0.179. The van der Waals surface area contributed by atoms with Gasteiger partial charge < -0.3 is 0 Å². The molecule has 0 spiro atoms. The first-order valence-electron chi connectivity index (χ1n) is 5.60. The highest BCUT2D eigenvalue weighted by molar-refractivity contribution is 7.15. The first-order valence-corrected chi connectivity index (χ1v) is 6.80. The lowest BCUT2D eigenvalue weighted by Gasteiger charge is -2.31. The van der Waals surface area contributed by atoms with Crippen LogP contribution in [0.3, 0.4) is 0 Å². The van der Waals surface area contributed by atoms with Crippen LogP contribution in [0.1, 0.15) is 31.1 Å². The van der Waals surface area contributed by atoms with Crippen LogP contribution in [0.2, 0.25) is 4.47 Å². The van der Waals surface area contributed by atoms with Gasteiger partial charge in [-0.1, -0.05) is 24.9 Å². The molecule has 0 atom stereocenters. The molecule has 1 heterocycles. The van der Waals surface area contributed by atoms with Crippen LogP contribution in [0.15, 0.2) is 6.20 Å². The second-order valence-electron chi connectivity index (χ2n) is 4.20. The molecule has 2 nitrogen and oxygen atoms in total. The second kappa shape index (κ2) is 5.28. The molecule has 1 aliphatic rings. The standard InChI is InChI=1S/C11H17ClN2S/c1-2-14(7-9-4-3-5-9)8-10-6-13-11(12)15-10/h6,9H,2-5,7-8H2,1H3. The summed E-state index contributed by atoms with van der Waals surface area (Å²) in [5.74, 6) is 0.938. The van der Waals surface area contributed by atoms with E-state index < -0.39 is 0 Å². The minimum atomic E-state index is 0.657. The van der Waals surface area contributed by atoms with Crippen molar-refractivity contribution in [1.82, 2.24) is 9.88 Å². The van der Waals surface area contributed by atoms with E-state index in [-0.39, 0.29) is 0 Å². The van der Waals surface area contributed by atoms with Gasteiger partial charge in [-0.2, -0.15) is 0 Å². The highest BCUT2D eigenvalue weighted by atomic mass is 35.5. The summed E-state index contributed by atoms with van der Waals surface area (Å²) in [4.78, 5) is 7.85. The average molecular weight is 245 g/mol. The van der Waals surface area contributed by atoms with E-state index in [2.05, 4.69) is 16.8 Å². The Balaban J connectivity index is 1.84. The van der Waals surface area contributed by atoms with Crippen LogP contribution in [-0.2, 0) is 6.54 Å². The summed E-state index contributed by atoms with van der Waals surface area (Å²) >= 11 is 7.42. The van der Waals surface area contributed by atoms with Gasteiger partial charge in [0.2, 0.25) is 0 Å². The third-order valence-corrected chi connectivity index (χ3v) is 4.19. The number of aromatic nitrogens is 1. The van der Waals surface area contributed by atoms with Crippen molar-refractivity contribution >= 4 is 22.9 Å². The molecule has 84 valence electrons. The fourth-order valence-corrected chi connectivity index (χ4v) is 2.94. The average Bonchev–Trinajstić information content (AvgIpc) is 2.55. The van der Waals surface area contributed by atoms with Crippen molar-refractivity contribution in [2.24, 2.45) is 5.92 Å². The first-order chi connectivity index (χ1) is 7.28. The topological polar surface area (TPSA) is 16.1 Å². The maximum atomic E-state index is 5.82. The highest BCUT2D eigenvalue weighted by Gasteiger charge is 2.20. The molecular weight excluding hydrogens is 228 g/mol. The van der Waals surface area contributed by atoms with Gasteiger partial charge in [0.1, 0.15) is 0 Å². The molecule has 0 N–H and O–H groups in total. The quantitative estimate of drug-likeness (QED) is 0.789. The van der Waals surface area contributed by atoms with Crippen molar-refractivity contribution in [2.45, 2.75) is 32.7 Å². The molecule has 2 rings (SSSR count). The van der Waals surface area contributed by atoms with E-state index >= 15 is 0 Å². The Morgan fingerprint density at radius 3 is 2.87 bits per heavy atom. The Labute approximate surface area is 100 Å². The van der Waals surface area contributed by atoms with E-state index in [1.54, 1.807) is 11.3 Å². The minimum absolute atomic E-state index is 0.657. The highest BCUT2D eigenvalue weighted by Crippen LogP contribution is 2.28. The zero-order valence-corrected chi connectivity index (χ0v) is 10.7. The molecule has 0 saturated heterocycles. The van der Waals surface area contributed by atoms with Gasteiger partial charge in [-0.15, -0.1) is 11.3 Å².